The van der Waals surface area contributed by atoms with Crippen LogP contribution in [0.4, 0.5) is 18.9 Å². The molecular formula is C13H18ClF3N2O. The molecule has 0 saturated heterocycles. The fourth-order valence-corrected chi connectivity index (χ4v) is 1.61. The van der Waals surface area contributed by atoms with Gasteiger partial charge in [-0.3, -0.25) is 4.79 Å². The Balaban J connectivity index is 0.00000361. The molecule has 20 heavy (non-hydrogen) atoms. The zero-order valence-corrected chi connectivity index (χ0v) is 11.7. The number of rotatable bonds is 7. The van der Waals surface area contributed by atoms with Gasteiger partial charge in [-0.2, -0.15) is 0 Å². The highest BCUT2D eigenvalue weighted by atomic mass is 35.5. The molecule has 3 nitrogen and oxygen atoms in total. The highest BCUT2D eigenvalue weighted by molar-refractivity contribution is 5.90. The molecule has 1 rings (SSSR count). The van der Waals surface area contributed by atoms with Gasteiger partial charge in [-0.05, 0) is 19.4 Å². The van der Waals surface area contributed by atoms with Crippen molar-refractivity contribution in [3.05, 3.63) is 29.6 Å². The molecule has 0 aliphatic carbocycles. The molecule has 1 aromatic carbocycles. The first-order valence-corrected chi connectivity index (χ1v) is 6.19. The van der Waals surface area contributed by atoms with E-state index >= 15 is 0 Å². The van der Waals surface area contributed by atoms with Crippen LogP contribution in [0.1, 0.15) is 32.1 Å². The molecule has 0 fully saturated rings. The summed E-state index contributed by atoms with van der Waals surface area (Å²) in [6, 6.07) is 1.04. The van der Waals surface area contributed by atoms with Crippen LogP contribution >= 0.6 is 12.4 Å². The number of hydrogen-bond acceptors (Lipinski definition) is 2. The van der Waals surface area contributed by atoms with Gasteiger partial charge in [0.25, 0.3) is 0 Å². The summed E-state index contributed by atoms with van der Waals surface area (Å²) in [6.45, 7) is 0.617. The minimum Gasteiger partial charge on any atom is -0.330 e. The predicted octanol–water partition coefficient (Wildman–Crippen LogP) is 3.37. The number of hydrogen-bond donors (Lipinski definition) is 2. The fraction of sp³-hybridized carbons (Fsp3) is 0.462. The van der Waals surface area contributed by atoms with Crippen LogP contribution in [0.25, 0.3) is 0 Å². The second-order valence-electron chi connectivity index (χ2n) is 4.25. The molecule has 3 N–H and O–H groups in total. The normalized spacial score (nSPS) is 10.0. The molecule has 0 unspecified atom stereocenters. The summed E-state index contributed by atoms with van der Waals surface area (Å²) in [6.07, 6.45) is 3.55. The minimum atomic E-state index is -1.28. The molecule has 0 bridgehead atoms. The molecule has 0 aliphatic heterocycles. The average molecular weight is 311 g/mol. The van der Waals surface area contributed by atoms with E-state index in [0.717, 1.165) is 19.3 Å². The van der Waals surface area contributed by atoms with E-state index in [1.807, 2.05) is 0 Å². The molecule has 0 atom stereocenters. The van der Waals surface area contributed by atoms with Crippen LogP contribution < -0.4 is 11.1 Å². The molecule has 1 amide bonds. The van der Waals surface area contributed by atoms with E-state index in [1.165, 1.54) is 0 Å². The van der Waals surface area contributed by atoms with Crippen LogP contribution in [-0.2, 0) is 4.79 Å². The maximum Gasteiger partial charge on any atom is 0.224 e. The van der Waals surface area contributed by atoms with Crippen LogP contribution in [0, 0.1) is 17.5 Å². The van der Waals surface area contributed by atoms with Gasteiger partial charge in [0.05, 0.1) is 5.69 Å². The Bertz CT molecular complexity index is 444. The van der Waals surface area contributed by atoms with E-state index in [1.54, 1.807) is 0 Å². The van der Waals surface area contributed by atoms with Crippen LogP contribution in [0.5, 0.6) is 0 Å². The highest BCUT2D eigenvalue weighted by Gasteiger charge is 2.11. The van der Waals surface area contributed by atoms with Crippen LogP contribution in [0.3, 0.4) is 0 Å². The number of anilines is 1. The molecule has 0 aromatic heterocycles. The van der Waals surface area contributed by atoms with Gasteiger partial charge in [0.2, 0.25) is 5.91 Å². The van der Waals surface area contributed by atoms with Crippen molar-refractivity contribution >= 4 is 24.0 Å². The Morgan fingerprint density at radius 1 is 1.00 bits per heavy atom. The lowest BCUT2D eigenvalue weighted by Crippen LogP contribution is -2.13. The number of carbonyl (C=O) groups excluding carboxylic acids is 1. The van der Waals surface area contributed by atoms with E-state index in [0.29, 0.717) is 25.1 Å². The molecule has 0 spiro atoms. The summed E-state index contributed by atoms with van der Waals surface area (Å²) in [5, 5.41) is 2.22. The summed E-state index contributed by atoms with van der Waals surface area (Å²) < 4.78 is 38.8. The van der Waals surface area contributed by atoms with Gasteiger partial charge < -0.3 is 11.1 Å². The van der Waals surface area contributed by atoms with Gasteiger partial charge in [0, 0.05) is 18.6 Å². The predicted molar refractivity (Wildman–Crippen MR) is 74.3 cm³/mol. The van der Waals surface area contributed by atoms with Gasteiger partial charge in [-0.15, -0.1) is 12.4 Å². The van der Waals surface area contributed by atoms with Crippen LogP contribution in [-0.4, -0.2) is 12.5 Å². The number of amides is 1. The Hall–Kier alpha value is -1.27. The van der Waals surface area contributed by atoms with Crippen molar-refractivity contribution in [3.8, 4) is 0 Å². The second kappa shape index (κ2) is 9.61. The number of unbranched alkanes of at least 4 members (excludes halogenated alkanes) is 3. The van der Waals surface area contributed by atoms with Crippen molar-refractivity contribution in [1.29, 1.82) is 0 Å². The third kappa shape index (κ3) is 6.25. The highest BCUT2D eigenvalue weighted by Crippen LogP contribution is 2.18. The zero-order chi connectivity index (χ0) is 14.3. The lowest BCUT2D eigenvalue weighted by atomic mass is 10.1. The standard InChI is InChI=1S/C13H17F3N2O.ClH/c14-9-7-11(16)12(8-10(9)15)18-13(19)5-3-1-2-4-6-17;/h7-8H,1-6,17H2,(H,18,19);1H. The smallest absolute Gasteiger partial charge is 0.224 e. The Labute approximate surface area is 122 Å². The number of nitrogens with one attached hydrogen (secondary N) is 1. The van der Waals surface area contributed by atoms with Crippen molar-refractivity contribution in [2.24, 2.45) is 5.73 Å². The van der Waals surface area contributed by atoms with Crippen molar-refractivity contribution in [3.63, 3.8) is 0 Å². The van der Waals surface area contributed by atoms with Gasteiger partial charge in [0.15, 0.2) is 11.6 Å². The quantitative estimate of drug-likeness (QED) is 0.599. The summed E-state index contributed by atoms with van der Waals surface area (Å²) in [4.78, 5) is 11.5. The van der Waals surface area contributed by atoms with Gasteiger partial charge in [-0.25, -0.2) is 13.2 Å². The summed E-state index contributed by atoms with van der Waals surface area (Å²) in [5.41, 5.74) is 4.99. The van der Waals surface area contributed by atoms with Crippen molar-refractivity contribution in [2.75, 3.05) is 11.9 Å². The first-order chi connectivity index (χ1) is 9.04. The lowest BCUT2D eigenvalue weighted by molar-refractivity contribution is -0.116. The summed E-state index contributed by atoms with van der Waals surface area (Å²) in [7, 11) is 0. The fourth-order valence-electron chi connectivity index (χ4n) is 1.61. The van der Waals surface area contributed by atoms with Crippen molar-refractivity contribution in [2.45, 2.75) is 32.1 Å². The Morgan fingerprint density at radius 2 is 1.60 bits per heavy atom. The van der Waals surface area contributed by atoms with Crippen molar-refractivity contribution < 1.29 is 18.0 Å². The molecule has 0 saturated carbocycles. The first-order valence-electron chi connectivity index (χ1n) is 6.19. The first kappa shape index (κ1) is 18.7. The lowest BCUT2D eigenvalue weighted by Gasteiger charge is -2.07. The minimum absolute atomic E-state index is 0. The van der Waals surface area contributed by atoms with Gasteiger partial charge in [-0.1, -0.05) is 12.8 Å². The monoisotopic (exact) mass is 310 g/mol. The third-order valence-corrected chi connectivity index (χ3v) is 2.64. The average Bonchev–Trinajstić information content (AvgIpc) is 2.35. The number of benzene rings is 1. The molecule has 1 aromatic rings. The molecular weight excluding hydrogens is 293 g/mol. The van der Waals surface area contributed by atoms with Gasteiger partial charge >= 0.3 is 0 Å². The zero-order valence-electron chi connectivity index (χ0n) is 10.9. The van der Waals surface area contributed by atoms with Crippen LogP contribution in [0.2, 0.25) is 0 Å². The Morgan fingerprint density at radius 3 is 2.25 bits per heavy atom. The summed E-state index contributed by atoms with van der Waals surface area (Å²) >= 11 is 0. The topological polar surface area (TPSA) is 55.1 Å². The molecule has 7 heteroatoms. The van der Waals surface area contributed by atoms with E-state index in [2.05, 4.69) is 5.32 Å². The van der Waals surface area contributed by atoms with Gasteiger partial charge in [0.1, 0.15) is 5.82 Å². The summed E-state index contributed by atoms with van der Waals surface area (Å²) in [5.74, 6) is -3.88. The molecule has 0 heterocycles. The largest absolute Gasteiger partial charge is 0.330 e. The third-order valence-electron chi connectivity index (χ3n) is 2.64. The van der Waals surface area contributed by atoms with E-state index in [-0.39, 0.29) is 24.5 Å². The Kier molecular flexibility index (Phi) is 9.00. The molecule has 0 radical (unpaired) electrons. The maximum atomic E-state index is 13.2. The molecule has 114 valence electrons. The second-order valence-corrected chi connectivity index (χ2v) is 4.25. The number of nitrogens with two attached hydrogens (primary N) is 1. The number of halogens is 4. The van der Waals surface area contributed by atoms with Crippen LogP contribution in [0.15, 0.2) is 12.1 Å². The molecule has 0 aliphatic rings. The maximum absolute atomic E-state index is 13.2. The SMILES string of the molecule is Cl.NCCCCCCC(=O)Nc1cc(F)c(F)cc1F. The van der Waals surface area contributed by atoms with E-state index in [4.69, 9.17) is 5.73 Å². The van der Waals surface area contributed by atoms with E-state index in [9.17, 15) is 18.0 Å². The van der Waals surface area contributed by atoms with E-state index < -0.39 is 23.4 Å². The van der Waals surface area contributed by atoms with Crippen molar-refractivity contribution in [1.82, 2.24) is 0 Å². The number of carbonyl (C=O) groups is 1.